The molecule has 210 valence electrons. The molecule has 1 aromatic rings. The SMILES string of the molecule is CCCCN1CC=C[C@]23O[C@H]4C=CCN(Cc5ccccc5)C(=O)[C@H]4[C@H]2C(=O)N([C@@H](CO)CC(C)C)C3C1=O. The van der Waals surface area contributed by atoms with Gasteiger partial charge in [0.2, 0.25) is 17.7 Å². The number of likely N-dealkylation sites (tertiary alicyclic amines) is 1. The first-order valence-corrected chi connectivity index (χ1v) is 14.4. The Morgan fingerprint density at radius 3 is 2.46 bits per heavy atom. The molecular formula is C31H41N3O5. The molecule has 2 fully saturated rings. The maximum Gasteiger partial charge on any atom is 0.249 e. The number of rotatable bonds is 9. The zero-order valence-corrected chi connectivity index (χ0v) is 23.2. The molecule has 4 aliphatic rings. The fourth-order valence-electron chi connectivity index (χ4n) is 6.88. The van der Waals surface area contributed by atoms with Gasteiger partial charge in [0.25, 0.3) is 0 Å². The topological polar surface area (TPSA) is 90.4 Å². The summed E-state index contributed by atoms with van der Waals surface area (Å²) in [6.45, 7) is 7.78. The molecule has 1 aromatic carbocycles. The van der Waals surface area contributed by atoms with Crippen molar-refractivity contribution in [2.45, 2.75) is 70.4 Å². The molecule has 1 spiro atoms. The molecule has 0 aliphatic carbocycles. The van der Waals surface area contributed by atoms with E-state index in [1.165, 1.54) is 0 Å². The molecule has 0 saturated carbocycles. The second kappa shape index (κ2) is 11.3. The van der Waals surface area contributed by atoms with Gasteiger partial charge in [0.05, 0.1) is 30.6 Å². The third-order valence-corrected chi connectivity index (χ3v) is 8.61. The molecule has 0 bridgehead atoms. The normalized spacial score (nSPS) is 30.9. The van der Waals surface area contributed by atoms with Crippen LogP contribution < -0.4 is 0 Å². The minimum atomic E-state index is -1.26. The number of unbranched alkanes of at least 4 members (excludes halogenated alkanes) is 1. The average molecular weight is 536 g/mol. The van der Waals surface area contributed by atoms with Gasteiger partial charge in [0.1, 0.15) is 11.6 Å². The number of carbonyl (C=O) groups is 3. The largest absolute Gasteiger partial charge is 0.394 e. The summed E-state index contributed by atoms with van der Waals surface area (Å²) in [7, 11) is 0. The maximum absolute atomic E-state index is 14.4. The maximum atomic E-state index is 14.4. The van der Waals surface area contributed by atoms with Crippen molar-refractivity contribution in [1.29, 1.82) is 0 Å². The first kappa shape index (κ1) is 27.6. The van der Waals surface area contributed by atoms with Crippen molar-refractivity contribution in [3.05, 3.63) is 60.2 Å². The Balaban J connectivity index is 1.56. The summed E-state index contributed by atoms with van der Waals surface area (Å²) in [4.78, 5) is 47.9. The van der Waals surface area contributed by atoms with E-state index in [1.54, 1.807) is 14.7 Å². The number of hydrogen-bond donors (Lipinski definition) is 1. The summed E-state index contributed by atoms with van der Waals surface area (Å²) >= 11 is 0. The summed E-state index contributed by atoms with van der Waals surface area (Å²) in [5.74, 6) is -1.95. The zero-order valence-electron chi connectivity index (χ0n) is 23.2. The Bertz CT molecular complexity index is 1130. The second-order valence-electron chi connectivity index (χ2n) is 11.7. The highest BCUT2D eigenvalue weighted by molar-refractivity contribution is 6.00. The smallest absolute Gasteiger partial charge is 0.249 e. The Morgan fingerprint density at radius 1 is 1.03 bits per heavy atom. The number of aliphatic hydroxyl groups excluding tert-OH is 1. The second-order valence-corrected chi connectivity index (χ2v) is 11.7. The average Bonchev–Trinajstić information content (AvgIpc) is 3.25. The van der Waals surface area contributed by atoms with E-state index in [4.69, 9.17) is 4.74 Å². The van der Waals surface area contributed by atoms with E-state index in [-0.39, 0.29) is 30.2 Å². The number of amides is 3. The molecule has 6 atom stereocenters. The van der Waals surface area contributed by atoms with Gasteiger partial charge in [-0.3, -0.25) is 14.4 Å². The zero-order chi connectivity index (χ0) is 27.7. The monoisotopic (exact) mass is 535 g/mol. The number of benzene rings is 1. The molecule has 8 nitrogen and oxygen atoms in total. The van der Waals surface area contributed by atoms with Crippen molar-refractivity contribution >= 4 is 17.7 Å². The van der Waals surface area contributed by atoms with Crippen LogP contribution in [0.5, 0.6) is 0 Å². The van der Waals surface area contributed by atoms with Crippen molar-refractivity contribution in [2.24, 2.45) is 17.8 Å². The summed E-state index contributed by atoms with van der Waals surface area (Å²) in [6, 6.07) is 8.36. The van der Waals surface area contributed by atoms with E-state index >= 15 is 0 Å². The third kappa shape index (κ3) is 4.82. The lowest BCUT2D eigenvalue weighted by atomic mass is 9.77. The Kier molecular flexibility index (Phi) is 7.96. The van der Waals surface area contributed by atoms with Crippen molar-refractivity contribution in [3.63, 3.8) is 0 Å². The fourth-order valence-corrected chi connectivity index (χ4v) is 6.88. The molecule has 3 amide bonds. The molecule has 39 heavy (non-hydrogen) atoms. The highest BCUT2D eigenvalue weighted by Crippen LogP contribution is 2.54. The number of hydrogen-bond acceptors (Lipinski definition) is 5. The van der Waals surface area contributed by atoms with E-state index in [0.29, 0.717) is 32.6 Å². The highest BCUT2D eigenvalue weighted by Gasteiger charge is 2.72. The van der Waals surface area contributed by atoms with Crippen molar-refractivity contribution in [2.75, 3.05) is 26.2 Å². The fraction of sp³-hybridized carbons (Fsp3) is 0.581. The van der Waals surface area contributed by atoms with Crippen LogP contribution in [-0.2, 0) is 25.7 Å². The van der Waals surface area contributed by atoms with Crippen molar-refractivity contribution in [3.8, 4) is 0 Å². The number of aliphatic hydroxyl groups is 1. The van der Waals surface area contributed by atoms with Gasteiger partial charge in [-0.05, 0) is 24.3 Å². The molecule has 8 heteroatoms. The van der Waals surface area contributed by atoms with Gasteiger partial charge in [0.15, 0.2) is 0 Å². The van der Waals surface area contributed by atoms with Crippen LogP contribution in [-0.4, -0.2) is 87.6 Å². The van der Waals surface area contributed by atoms with E-state index in [0.717, 1.165) is 18.4 Å². The summed E-state index contributed by atoms with van der Waals surface area (Å²) < 4.78 is 6.72. The first-order valence-electron chi connectivity index (χ1n) is 14.4. The van der Waals surface area contributed by atoms with E-state index in [2.05, 4.69) is 6.92 Å². The molecule has 2 saturated heterocycles. The van der Waals surface area contributed by atoms with Crippen LogP contribution in [0.3, 0.4) is 0 Å². The van der Waals surface area contributed by atoms with Crippen molar-refractivity contribution in [1.82, 2.24) is 14.7 Å². The lowest BCUT2D eigenvalue weighted by Gasteiger charge is -2.39. The van der Waals surface area contributed by atoms with Gasteiger partial charge in [-0.15, -0.1) is 0 Å². The summed E-state index contributed by atoms with van der Waals surface area (Å²) in [5.41, 5.74) is -0.248. The Hall–Kier alpha value is -2.97. The van der Waals surface area contributed by atoms with Gasteiger partial charge in [-0.1, -0.05) is 81.8 Å². The number of fused-ring (bicyclic) bond motifs is 2. The van der Waals surface area contributed by atoms with Crippen LogP contribution in [0.25, 0.3) is 0 Å². The van der Waals surface area contributed by atoms with Crippen LogP contribution in [0.1, 0.15) is 45.6 Å². The number of nitrogens with zero attached hydrogens (tertiary/aromatic N) is 3. The van der Waals surface area contributed by atoms with Crippen LogP contribution in [0.15, 0.2) is 54.6 Å². The molecular weight excluding hydrogens is 494 g/mol. The standard InChI is InChI=1S/C31H41N3O5/c1-4-5-15-32-17-10-14-31-26(29(37)34(27(31)30(32)38)23(20-35)18-21(2)3)25-24(39-31)13-9-16-33(28(25)36)19-22-11-7-6-8-12-22/h6-14,21,23-27,35H,4-5,15-20H2,1-3H3/t23-,24+,25-,26+,27?,31+/m1/s1. The number of ether oxygens (including phenoxy) is 1. The highest BCUT2D eigenvalue weighted by atomic mass is 16.5. The molecule has 5 rings (SSSR count). The van der Waals surface area contributed by atoms with E-state index < -0.39 is 35.6 Å². The van der Waals surface area contributed by atoms with E-state index in [1.807, 2.05) is 68.5 Å². The quantitative estimate of drug-likeness (QED) is 0.491. The van der Waals surface area contributed by atoms with Crippen LogP contribution in [0, 0.1) is 17.8 Å². The van der Waals surface area contributed by atoms with E-state index in [9.17, 15) is 19.5 Å². The molecule has 0 radical (unpaired) electrons. The van der Waals surface area contributed by atoms with Crippen LogP contribution >= 0.6 is 0 Å². The minimum absolute atomic E-state index is 0.137. The first-order chi connectivity index (χ1) is 18.8. The molecule has 0 aromatic heterocycles. The third-order valence-electron chi connectivity index (χ3n) is 8.61. The summed E-state index contributed by atoms with van der Waals surface area (Å²) in [5, 5.41) is 10.4. The minimum Gasteiger partial charge on any atom is -0.394 e. The summed E-state index contributed by atoms with van der Waals surface area (Å²) in [6.07, 6.45) is 9.38. The predicted molar refractivity (Wildman–Crippen MR) is 147 cm³/mol. The molecule has 1 unspecified atom stereocenters. The molecule has 4 aliphatic heterocycles. The van der Waals surface area contributed by atoms with Gasteiger partial charge in [-0.2, -0.15) is 0 Å². The van der Waals surface area contributed by atoms with Gasteiger partial charge in [-0.25, -0.2) is 0 Å². The van der Waals surface area contributed by atoms with Gasteiger partial charge >= 0.3 is 0 Å². The predicted octanol–water partition coefficient (Wildman–Crippen LogP) is 2.77. The molecule has 4 heterocycles. The Morgan fingerprint density at radius 2 is 1.77 bits per heavy atom. The number of carbonyl (C=O) groups excluding carboxylic acids is 3. The van der Waals surface area contributed by atoms with Crippen molar-refractivity contribution < 1.29 is 24.2 Å². The lowest BCUT2D eigenvalue weighted by Crippen LogP contribution is -2.58. The lowest BCUT2D eigenvalue weighted by molar-refractivity contribution is -0.151. The van der Waals surface area contributed by atoms with Crippen LogP contribution in [0.2, 0.25) is 0 Å². The Labute approximate surface area is 231 Å². The molecule has 1 N–H and O–H groups in total. The van der Waals surface area contributed by atoms with Gasteiger partial charge < -0.3 is 24.5 Å². The van der Waals surface area contributed by atoms with Gasteiger partial charge in [0, 0.05) is 26.2 Å². The van der Waals surface area contributed by atoms with Crippen LogP contribution in [0.4, 0.5) is 0 Å².